The second kappa shape index (κ2) is 4.06. The van der Waals surface area contributed by atoms with Crippen molar-refractivity contribution >= 4 is 11.5 Å². The number of azide groups is 1. The van der Waals surface area contributed by atoms with Crippen LogP contribution in [0.25, 0.3) is 10.4 Å². The van der Waals surface area contributed by atoms with Gasteiger partial charge in [-0.2, -0.15) is 0 Å². The Morgan fingerprint density at radius 2 is 2.50 bits per heavy atom. The lowest BCUT2D eigenvalue weighted by atomic mass is 10.3. The highest BCUT2D eigenvalue weighted by Crippen LogP contribution is 2.12. The fraction of sp³-hybridized carbons (Fsp3) is 0.167. The summed E-state index contributed by atoms with van der Waals surface area (Å²) in [7, 11) is 0. The van der Waals surface area contributed by atoms with Crippen molar-refractivity contribution < 1.29 is 9.72 Å². The fourth-order valence-electron chi connectivity index (χ4n) is 0.830. The Balaban J connectivity index is 2.81. The van der Waals surface area contributed by atoms with Gasteiger partial charge in [0.2, 0.25) is 0 Å². The molecule has 0 spiro atoms. The Labute approximate surface area is 77.3 Å². The van der Waals surface area contributed by atoms with Gasteiger partial charge in [0.1, 0.15) is 0 Å². The molecule has 0 aliphatic carbocycles. The second-order valence-corrected chi connectivity index (χ2v) is 2.34. The Hall–Kier alpha value is -2.34. The summed E-state index contributed by atoms with van der Waals surface area (Å²) in [6.07, 6.45) is 1.10. The van der Waals surface area contributed by atoms with E-state index in [0.717, 1.165) is 12.3 Å². The summed E-state index contributed by atoms with van der Waals surface area (Å²) in [4.78, 5) is 25.6. The number of hydrogen-bond acceptors (Lipinski definition) is 4. The summed E-state index contributed by atoms with van der Waals surface area (Å²) in [5.41, 5.74) is 7.80. The van der Waals surface area contributed by atoms with Crippen LogP contribution in [0.15, 0.2) is 17.4 Å². The standard InChI is InChI=1S/C6H5N5O3/c7-10-9-3-6(12)5-1-4(2-8-5)11(13)14/h1-2,8H,3H2. The summed E-state index contributed by atoms with van der Waals surface area (Å²) in [6, 6.07) is 1.09. The number of nitro groups is 1. The molecule has 8 heteroatoms. The van der Waals surface area contributed by atoms with Gasteiger partial charge in [-0.05, 0) is 5.53 Å². The number of aromatic amines is 1. The van der Waals surface area contributed by atoms with Crippen molar-refractivity contribution in [3.8, 4) is 0 Å². The smallest absolute Gasteiger partial charge is 0.287 e. The monoisotopic (exact) mass is 195 g/mol. The molecule has 0 aliphatic heterocycles. The lowest BCUT2D eigenvalue weighted by Gasteiger charge is -1.88. The average molecular weight is 195 g/mol. The Morgan fingerprint density at radius 3 is 3.00 bits per heavy atom. The SMILES string of the molecule is [N-]=[N+]=NCC(=O)c1cc([N+](=O)[O-])c[nH]1. The maximum atomic E-state index is 11.1. The third-order valence-corrected chi connectivity index (χ3v) is 1.46. The molecule has 0 unspecified atom stereocenters. The van der Waals surface area contributed by atoms with Crippen LogP contribution in [0.2, 0.25) is 0 Å². The molecule has 72 valence electrons. The van der Waals surface area contributed by atoms with E-state index < -0.39 is 10.7 Å². The van der Waals surface area contributed by atoms with Crippen molar-refractivity contribution in [3.05, 3.63) is 38.5 Å². The van der Waals surface area contributed by atoms with Gasteiger partial charge >= 0.3 is 0 Å². The van der Waals surface area contributed by atoms with Crippen molar-refractivity contribution in [2.24, 2.45) is 5.11 Å². The normalized spacial score (nSPS) is 9.14. The Morgan fingerprint density at radius 1 is 1.79 bits per heavy atom. The van der Waals surface area contributed by atoms with Crippen LogP contribution < -0.4 is 0 Å². The van der Waals surface area contributed by atoms with Gasteiger partial charge in [-0.1, -0.05) is 5.11 Å². The predicted molar refractivity (Wildman–Crippen MR) is 45.8 cm³/mol. The zero-order valence-corrected chi connectivity index (χ0v) is 6.88. The molecule has 1 heterocycles. The molecular weight excluding hydrogens is 190 g/mol. The number of carbonyl (C=O) groups excluding carboxylic acids is 1. The van der Waals surface area contributed by atoms with Gasteiger partial charge in [-0.3, -0.25) is 14.9 Å². The molecule has 1 N–H and O–H groups in total. The molecule has 0 bridgehead atoms. The molecule has 0 radical (unpaired) electrons. The van der Waals surface area contributed by atoms with Crippen molar-refractivity contribution in [2.45, 2.75) is 0 Å². The second-order valence-electron chi connectivity index (χ2n) is 2.34. The first-order chi connectivity index (χ1) is 6.65. The molecule has 0 saturated carbocycles. The van der Waals surface area contributed by atoms with Crippen molar-refractivity contribution in [2.75, 3.05) is 6.54 Å². The molecule has 0 saturated heterocycles. The van der Waals surface area contributed by atoms with Gasteiger partial charge in [-0.25, -0.2) is 0 Å². The van der Waals surface area contributed by atoms with E-state index in [0.29, 0.717) is 0 Å². The van der Waals surface area contributed by atoms with Crippen LogP contribution in [-0.2, 0) is 0 Å². The number of Topliss-reactive ketones (excluding diaryl/α,β-unsaturated/α-hetero) is 1. The average Bonchev–Trinajstić information content (AvgIpc) is 2.62. The van der Waals surface area contributed by atoms with Crippen LogP contribution in [0.3, 0.4) is 0 Å². The first-order valence-corrected chi connectivity index (χ1v) is 3.52. The number of nitrogens with zero attached hydrogens (tertiary/aromatic N) is 4. The minimum atomic E-state index is -0.624. The molecule has 0 atom stereocenters. The van der Waals surface area contributed by atoms with E-state index in [-0.39, 0.29) is 17.9 Å². The minimum absolute atomic E-state index is 0.0594. The van der Waals surface area contributed by atoms with E-state index in [1.165, 1.54) is 0 Å². The lowest BCUT2D eigenvalue weighted by molar-refractivity contribution is -0.384. The third-order valence-electron chi connectivity index (χ3n) is 1.46. The first kappa shape index (κ1) is 9.75. The molecule has 14 heavy (non-hydrogen) atoms. The van der Waals surface area contributed by atoms with Gasteiger partial charge < -0.3 is 4.98 Å². The molecule has 0 fully saturated rings. The molecule has 0 aromatic carbocycles. The van der Waals surface area contributed by atoms with E-state index >= 15 is 0 Å². The highest BCUT2D eigenvalue weighted by molar-refractivity contribution is 5.96. The molecule has 1 rings (SSSR count). The highest BCUT2D eigenvalue weighted by atomic mass is 16.6. The van der Waals surface area contributed by atoms with Crippen molar-refractivity contribution in [1.82, 2.24) is 4.98 Å². The highest BCUT2D eigenvalue weighted by Gasteiger charge is 2.13. The third kappa shape index (κ3) is 2.08. The summed E-state index contributed by atoms with van der Waals surface area (Å²) in [6.45, 7) is -0.353. The number of hydrogen-bond donors (Lipinski definition) is 1. The number of rotatable bonds is 4. The van der Waals surface area contributed by atoms with Gasteiger partial charge in [0, 0.05) is 11.0 Å². The Kier molecular flexibility index (Phi) is 2.82. The lowest BCUT2D eigenvalue weighted by Crippen LogP contribution is -2.02. The van der Waals surface area contributed by atoms with E-state index in [9.17, 15) is 14.9 Å². The fourth-order valence-corrected chi connectivity index (χ4v) is 0.830. The number of ketones is 1. The molecular formula is C6H5N5O3. The molecule has 1 aromatic heterocycles. The first-order valence-electron chi connectivity index (χ1n) is 3.52. The van der Waals surface area contributed by atoms with Crippen LogP contribution in [0.5, 0.6) is 0 Å². The van der Waals surface area contributed by atoms with Gasteiger partial charge in [0.05, 0.1) is 23.4 Å². The van der Waals surface area contributed by atoms with Crippen LogP contribution in [0.1, 0.15) is 10.5 Å². The number of aromatic nitrogens is 1. The van der Waals surface area contributed by atoms with Crippen LogP contribution in [-0.4, -0.2) is 22.2 Å². The van der Waals surface area contributed by atoms with Crippen LogP contribution >= 0.6 is 0 Å². The maximum Gasteiger partial charge on any atom is 0.287 e. The zero-order chi connectivity index (χ0) is 10.6. The molecule has 0 amide bonds. The topological polar surface area (TPSA) is 125 Å². The Bertz CT molecular complexity index is 417. The van der Waals surface area contributed by atoms with E-state index in [1.807, 2.05) is 0 Å². The number of H-pyrrole nitrogens is 1. The van der Waals surface area contributed by atoms with Gasteiger partial charge in [-0.15, -0.1) is 0 Å². The number of nitrogens with one attached hydrogen (secondary N) is 1. The van der Waals surface area contributed by atoms with E-state index in [4.69, 9.17) is 5.53 Å². The summed E-state index contributed by atoms with van der Waals surface area (Å²) in [5.74, 6) is -0.490. The van der Waals surface area contributed by atoms with Crippen LogP contribution in [0, 0.1) is 10.1 Å². The van der Waals surface area contributed by atoms with Crippen molar-refractivity contribution in [1.29, 1.82) is 0 Å². The zero-order valence-electron chi connectivity index (χ0n) is 6.88. The molecule has 8 nitrogen and oxygen atoms in total. The minimum Gasteiger partial charge on any atom is -0.353 e. The predicted octanol–water partition coefficient (Wildman–Crippen LogP) is 1.42. The maximum absolute atomic E-state index is 11.1. The van der Waals surface area contributed by atoms with Crippen LogP contribution in [0.4, 0.5) is 5.69 Å². The van der Waals surface area contributed by atoms with E-state index in [1.54, 1.807) is 0 Å². The molecule has 1 aromatic rings. The quantitative estimate of drug-likeness (QED) is 0.195. The summed E-state index contributed by atoms with van der Waals surface area (Å²) < 4.78 is 0. The van der Waals surface area contributed by atoms with Crippen molar-refractivity contribution in [3.63, 3.8) is 0 Å². The van der Waals surface area contributed by atoms with Gasteiger partial charge in [0.15, 0.2) is 5.78 Å². The number of carbonyl (C=O) groups is 1. The summed E-state index contributed by atoms with van der Waals surface area (Å²) in [5, 5.41) is 13.3. The molecule has 0 aliphatic rings. The van der Waals surface area contributed by atoms with Gasteiger partial charge in [0.25, 0.3) is 5.69 Å². The summed E-state index contributed by atoms with van der Waals surface area (Å²) >= 11 is 0. The largest absolute Gasteiger partial charge is 0.353 e. The van der Waals surface area contributed by atoms with E-state index in [2.05, 4.69) is 15.0 Å².